The van der Waals surface area contributed by atoms with Crippen LogP contribution in [0.2, 0.25) is 5.02 Å². The van der Waals surface area contributed by atoms with E-state index in [1.54, 1.807) is 18.3 Å². The van der Waals surface area contributed by atoms with Gasteiger partial charge in [-0.15, -0.1) is 0 Å². The van der Waals surface area contributed by atoms with E-state index in [0.29, 0.717) is 30.2 Å². The highest BCUT2D eigenvalue weighted by Crippen LogP contribution is 2.16. The third-order valence-corrected chi connectivity index (χ3v) is 5.16. The van der Waals surface area contributed by atoms with E-state index in [2.05, 4.69) is 10.7 Å². The summed E-state index contributed by atoms with van der Waals surface area (Å²) in [5.74, 6) is -0.237. The number of amides is 1. The summed E-state index contributed by atoms with van der Waals surface area (Å²) in [6, 6.07) is 17.0. The summed E-state index contributed by atoms with van der Waals surface area (Å²) in [4.78, 5) is 25.4. The van der Waals surface area contributed by atoms with E-state index in [4.69, 9.17) is 17.3 Å². The Morgan fingerprint density at radius 1 is 1.07 bits per heavy atom. The number of rotatable bonds is 8. The summed E-state index contributed by atoms with van der Waals surface area (Å²) in [6.07, 6.45) is 1.68. The van der Waals surface area contributed by atoms with E-state index >= 15 is 0 Å². The van der Waals surface area contributed by atoms with Crippen LogP contribution >= 0.6 is 11.6 Å². The number of pyridine rings is 1. The molecule has 0 saturated carbocycles. The van der Waals surface area contributed by atoms with Crippen LogP contribution in [0.4, 0.5) is 0 Å². The molecular weight excluding hydrogens is 400 g/mol. The Kier molecular flexibility index (Phi) is 7.27. The van der Waals surface area contributed by atoms with Crippen molar-refractivity contribution >= 4 is 17.5 Å². The molecule has 1 heterocycles. The van der Waals surface area contributed by atoms with Crippen LogP contribution in [0.25, 0.3) is 0 Å². The summed E-state index contributed by atoms with van der Waals surface area (Å²) < 4.78 is 1.42. The second-order valence-corrected chi connectivity index (χ2v) is 7.48. The normalized spacial score (nSPS) is 10.6. The summed E-state index contributed by atoms with van der Waals surface area (Å²) >= 11 is 6.05. The number of nitrogens with one attached hydrogen (secondary N) is 2. The van der Waals surface area contributed by atoms with Gasteiger partial charge in [-0.2, -0.15) is 0 Å². The largest absolute Gasteiger partial charge is 0.352 e. The van der Waals surface area contributed by atoms with E-state index in [-0.39, 0.29) is 17.9 Å². The van der Waals surface area contributed by atoms with Crippen molar-refractivity contribution in [2.75, 3.05) is 5.43 Å². The molecule has 3 rings (SSSR count). The van der Waals surface area contributed by atoms with Crippen LogP contribution in [0.3, 0.4) is 0 Å². The van der Waals surface area contributed by atoms with Gasteiger partial charge in [-0.05, 0) is 47.4 Å². The van der Waals surface area contributed by atoms with Crippen molar-refractivity contribution in [3.05, 3.63) is 104 Å². The summed E-state index contributed by atoms with van der Waals surface area (Å²) in [7, 11) is 0. The lowest BCUT2D eigenvalue weighted by Gasteiger charge is -2.14. The number of aromatic nitrogens is 1. The van der Waals surface area contributed by atoms with Crippen LogP contribution in [0.1, 0.15) is 27.8 Å². The van der Waals surface area contributed by atoms with Crippen molar-refractivity contribution in [3.63, 3.8) is 0 Å². The maximum atomic E-state index is 12.9. The molecule has 0 fully saturated rings. The van der Waals surface area contributed by atoms with Crippen LogP contribution in [0, 0.1) is 6.92 Å². The average Bonchev–Trinajstić information content (AvgIpc) is 2.75. The zero-order valence-corrected chi connectivity index (χ0v) is 17.6. The highest BCUT2D eigenvalue weighted by Gasteiger charge is 2.13. The molecule has 0 spiro atoms. The van der Waals surface area contributed by atoms with Gasteiger partial charge in [0.25, 0.3) is 5.56 Å². The first-order valence-corrected chi connectivity index (χ1v) is 10.1. The van der Waals surface area contributed by atoms with Gasteiger partial charge < -0.3 is 16.5 Å². The predicted molar refractivity (Wildman–Crippen MR) is 120 cm³/mol. The van der Waals surface area contributed by atoms with Crippen LogP contribution in [0.5, 0.6) is 0 Å². The number of hydrogen-bond acceptors (Lipinski definition) is 4. The molecule has 0 aliphatic carbocycles. The quantitative estimate of drug-likeness (QED) is 0.518. The fourth-order valence-electron chi connectivity index (χ4n) is 3.16. The molecule has 1 amide bonds. The number of nitrogens with two attached hydrogens (primary N) is 1. The third kappa shape index (κ3) is 5.49. The van der Waals surface area contributed by atoms with Crippen LogP contribution < -0.4 is 22.0 Å². The molecule has 3 aromatic rings. The maximum Gasteiger partial charge on any atom is 0.272 e. The van der Waals surface area contributed by atoms with E-state index in [0.717, 1.165) is 22.3 Å². The minimum absolute atomic E-state index is 0.00293. The van der Waals surface area contributed by atoms with Gasteiger partial charge in [0, 0.05) is 29.9 Å². The summed E-state index contributed by atoms with van der Waals surface area (Å²) in [6.45, 7) is 3.00. The number of hydrogen-bond donors (Lipinski definition) is 3. The van der Waals surface area contributed by atoms with Gasteiger partial charge in [-0.25, -0.2) is 4.68 Å². The second kappa shape index (κ2) is 10.1. The zero-order chi connectivity index (χ0) is 21.5. The first kappa shape index (κ1) is 21.6. The Balaban J connectivity index is 1.67. The topological polar surface area (TPSA) is 89.2 Å². The van der Waals surface area contributed by atoms with Crippen LogP contribution in [-0.4, -0.2) is 10.6 Å². The Hall–Kier alpha value is -3.09. The molecule has 30 heavy (non-hydrogen) atoms. The van der Waals surface area contributed by atoms with Gasteiger partial charge in [0.05, 0.1) is 13.0 Å². The Bertz CT molecular complexity index is 1080. The average molecular weight is 425 g/mol. The van der Waals surface area contributed by atoms with E-state index < -0.39 is 0 Å². The lowest BCUT2D eigenvalue weighted by atomic mass is 10.1. The second-order valence-electron chi connectivity index (χ2n) is 7.04. The van der Waals surface area contributed by atoms with Gasteiger partial charge in [0.15, 0.2) is 0 Å². The Morgan fingerprint density at radius 3 is 2.57 bits per heavy atom. The molecule has 1 aromatic heterocycles. The van der Waals surface area contributed by atoms with Gasteiger partial charge in [0.2, 0.25) is 5.91 Å². The molecule has 0 radical (unpaired) electrons. The van der Waals surface area contributed by atoms with Crippen molar-refractivity contribution in [1.82, 2.24) is 9.99 Å². The fraction of sp³-hybridized carbons (Fsp3) is 0.217. The van der Waals surface area contributed by atoms with E-state index in [1.807, 2.05) is 49.4 Å². The Labute approximate surface area is 180 Å². The number of carbonyl (C=O) groups excluding carboxylic acids is 1. The maximum absolute atomic E-state index is 12.9. The number of carbonyl (C=O) groups is 1. The van der Waals surface area contributed by atoms with Gasteiger partial charge in [0.1, 0.15) is 0 Å². The highest BCUT2D eigenvalue weighted by molar-refractivity contribution is 6.30. The molecule has 6 nitrogen and oxygen atoms in total. The molecule has 0 atom stereocenters. The van der Waals surface area contributed by atoms with Crippen molar-refractivity contribution in [1.29, 1.82) is 0 Å². The van der Waals surface area contributed by atoms with Gasteiger partial charge in [-0.1, -0.05) is 48.0 Å². The number of benzene rings is 2. The predicted octanol–water partition coefficient (Wildman–Crippen LogP) is 2.87. The summed E-state index contributed by atoms with van der Waals surface area (Å²) in [5.41, 5.74) is 12.7. The first-order valence-electron chi connectivity index (χ1n) is 9.71. The monoisotopic (exact) mass is 424 g/mol. The van der Waals surface area contributed by atoms with Crippen molar-refractivity contribution < 1.29 is 4.79 Å². The van der Waals surface area contributed by atoms with Crippen molar-refractivity contribution in [3.8, 4) is 0 Å². The standard InChI is InChI=1S/C23H25ClN4O2/c1-16-9-10-28(27-14-17-5-3-2-4-6-17)23(30)21(16)12-22(29)26-15-19-11-20(24)8-7-18(19)13-25/h2-11,27H,12-15,25H2,1H3,(H,26,29). The third-order valence-electron chi connectivity index (χ3n) is 4.92. The molecule has 0 aliphatic rings. The Morgan fingerprint density at radius 2 is 1.83 bits per heavy atom. The lowest BCUT2D eigenvalue weighted by Crippen LogP contribution is -2.34. The molecular formula is C23H25ClN4O2. The van der Waals surface area contributed by atoms with Crippen molar-refractivity contribution in [2.24, 2.45) is 5.73 Å². The summed E-state index contributed by atoms with van der Waals surface area (Å²) in [5, 5.41) is 3.45. The van der Waals surface area contributed by atoms with Crippen LogP contribution in [-0.2, 0) is 30.8 Å². The molecule has 0 bridgehead atoms. The minimum atomic E-state index is -0.237. The molecule has 0 unspecified atom stereocenters. The zero-order valence-electron chi connectivity index (χ0n) is 16.8. The lowest BCUT2D eigenvalue weighted by molar-refractivity contribution is -0.120. The van der Waals surface area contributed by atoms with Crippen LogP contribution in [0.15, 0.2) is 65.6 Å². The fourth-order valence-corrected chi connectivity index (χ4v) is 3.35. The van der Waals surface area contributed by atoms with Crippen molar-refractivity contribution in [2.45, 2.75) is 33.0 Å². The molecule has 0 aliphatic heterocycles. The van der Waals surface area contributed by atoms with E-state index in [1.165, 1.54) is 4.68 Å². The van der Waals surface area contributed by atoms with Gasteiger partial charge >= 0.3 is 0 Å². The molecule has 7 heteroatoms. The molecule has 156 valence electrons. The van der Waals surface area contributed by atoms with E-state index in [9.17, 15) is 9.59 Å². The molecule has 2 aromatic carbocycles. The minimum Gasteiger partial charge on any atom is -0.352 e. The van der Waals surface area contributed by atoms with Gasteiger partial charge in [-0.3, -0.25) is 9.59 Å². The smallest absolute Gasteiger partial charge is 0.272 e. The number of nitrogens with zero attached hydrogens (tertiary/aromatic N) is 1. The highest BCUT2D eigenvalue weighted by atomic mass is 35.5. The SMILES string of the molecule is Cc1ccn(NCc2ccccc2)c(=O)c1CC(=O)NCc1cc(Cl)ccc1CN. The molecule has 4 N–H and O–H groups in total. The number of halogens is 1. The number of aryl methyl sites for hydroxylation is 1. The molecule has 0 saturated heterocycles. The first-order chi connectivity index (χ1) is 14.5.